The summed E-state index contributed by atoms with van der Waals surface area (Å²) < 4.78 is 0. The molecule has 3 aromatic rings. The average molecular weight is 507 g/mol. The van der Waals surface area contributed by atoms with Crippen LogP contribution in [0.4, 0.5) is 5.69 Å². The van der Waals surface area contributed by atoms with E-state index in [0.717, 1.165) is 61.8 Å². The highest BCUT2D eigenvalue weighted by Crippen LogP contribution is 2.26. The Hall–Kier alpha value is -3.26. The maximum absolute atomic E-state index is 12.7. The van der Waals surface area contributed by atoms with Crippen LogP contribution in [0.2, 0.25) is 5.02 Å². The van der Waals surface area contributed by atoms with Gasteiger partial charge in [-0.05, 0) is 47.4 Å². The van der Waals surface area contributed by atoms with Crippen LogP contribution in [-0.2, 0) is 17.9 Å². The minimum absolute atomic E-state index is 0.0928. The average Bonchev–Trinajstić information content (AvgIpc) is 2.90. The van der Waals surface area contributed by atoms with Crippen LogP contribution in [0, 0.1) is 10.1 Å². The number of hydrogen-bond donors (Lipinski definition) is 1. The zero-order chi connectivity index (χ0) is 25.3. The normalized spacial score (nSPS) is 14.1. The molecule has 0 radical (unpaired) electrons. The molecule has 0 aromatic heterocycles. The molecule has 0 aliphatic carbocycles. The maximum atomic E-state index is 12.7. The van der Waals surface area contributed by atoms with E-state index in [1.807, 2.05) is 17.0 Å². The van der Waals surface area contributed by atoms with Crippen LogP contribution in [0.25, 0.3) is 11.1 Å². The number of non-ortho nitro benzene ring substituents is 1. The Morgan fingerprint density at radius 2 is 1.64 bits per heavy atom. The van der Waals surface area contributed by atoms with Crippen LogP contribution in [-0.4, -0.2) is 53.4 Å². The first-order chi connectivity index (χ1) is 17.5. The standard InChI is InChI=1S/C28H31ClN4O3/c29-25-11-9-23(10-12-25)27-5-2-1-4-24(27)21-31-16-18-32(19-17-31)28(34)6-3-15-30-20-22-7-13-26(14-8-22)33(35)36/h1-2,4-5,7-14,30H,3,6,15-21H2. The molecule has 0 unspecified atom stereocenters. The maximum Gasteiger partial charge on any atom is 0.269 e. The Morgan fingerprint density at radius 3 is 2.33 bits per heavy atom. The minimum Gasteiger partial charge on any atom is -0.340 e. The third-order valence-corrected chi connectivity index (χ3v) is 6.76. The molecule has 1 aliphatic rings. The predicted molar refractivity (Wildman–Crippen MR) is 143 cm³/mol. The molecule has 1 saturated heterocycles. The lowest BCUT2D eigenvalue weighted by molar-refractivity contribution is -0.384. The van der Waals surface area contributed by atoms with E-state index < -0.39 is 4.92 Å². The molecule has 1 heterocycles. The Kier molecular flexibility index (Phi) is 9.06. The SMILES string of the molecule is O=C(CCCNCc1ccc([N+](=O)[O-])cc1)N1CCN(Cc2ccccc2-c2ccc(Cl)cc2)CC1. The Labute approximate surface area is 216 Å². The number of carbonyl (C=O) groups excluding carboxylic acids is 1. The van der Waals surface area contributed by atoms with Crippen LogP contribution in [0.5, 0.6) is 0 Å². The molecule has 1 fully saturated rings. The van der Waals surface area contributed by atoms with Crippen LogP contribution in [0.15, 0.2) is 72.8 Å². The fourth-order valence-electron chi connectivity index (χ4n) is 4.46. The van der Waals surface area contributed by atoms with Gasteiger partial charge in [0.05, 0.1) is 4.92 Å². The summed E-state index contributed by atoms with van der Waals surface area (Å²) in [5, 5.41) is 14.8. The lowest BCUT2D eigenvalue weighted by Crippen LogP contribution is -2.48. The van der Waals surface area contributed by atoms with Gasteiger partial charge in [-0.3, -0.25) is 19.8 Å². The highest BCUT2D eigenvalue weighted by atomic mass is 35.5. The number of nitro benzene ring substituents is 1. The monoisotopic (exact) mass is 506 g/mol. The smallest absolute Gasteiger partial charge is 0.269 e. The molecule has 8 heteroatoms. The van der Waals surface area contributed by atoms with Crippen molar-refractivity contribution in [3.05, 3.63) is 99.1 Å². The zero-order valence-electron chi connectivity index (χ0n) is 20.2. The van der Waals surface area contributed by atoms with E-state index >= 15 is 0 Å². The lowest BCUT2D eigenvalue weighted by Gasteiger charge is -2.35. The first-order valence-corrected chi connectivity index (χ1v) is 12.7. The van der Waals surface area contributed by atoms with E-state index in [1.165, 1.54) is 23.3 Å². The summed E-state index contributed by atoms with van der Waals surface area (Å²) in [4.78, 5) is 27.4. The van der Waals surface area contributed by atoms with Crippen molar-refractivity contribution < 1.29 is 9.72 Å². The number of benzene rings is 3. The van der Waals surface area contributed by atoms with E-state index in [4.69, 9.17) is 11.6 Å². The van der Waals surface area contributed by atoms with Crippen molar-refractivity contribution in [3.63, 3.8) is 0 Å². The number of nitrogens with zero attached hydrogens (tertiary/aromatic N) is 3. The number of hydrogen-bond acceptors (Lipinski definition) is 5. The van der Waals surface area contributed by atoms with Crippen molar-refractivity contribution in [1.82, 2.24) is 15.1 Å². The fourth-order valence-corrected chi connectivity index (χ4v) is 4.58. The molecular formula is C28H31ClN4O3. The van der Waals surface area contributed by atoms with Gasteiger partial charge in [0, 0.05) is 62.8 Å². The number of nitrogens with one attached hydrogen (secondary N) is 1. The molecule has 0 bridgehead atoms. The van der Waals surface area contributed by atoms with Gasteiger partial charge in [0.25, 0.3) is 5.69 Å². The molecule has 0 atom stereocenters. The molecule has 36 heavy (non-hydrogen) atoms. The van der Waals surface area contributed by atoms with Crippen LogP contribution >= 0.6 is 11.6 Å². The second-order valence-electron chi connectivity index (χ2n) is 9.02. The van der Waals surface area contributed by atoms with Gasteiger partial charge in [-0.2, -0.15) is 0 Å². The third kappa shape index (κ3) is 7.13. The van der Waals surface area contributed by atoms with Crippen molar-refractivity contribution in [2.75, 3.05) is 32.7 Å². The number of piperazine rings is 1. The van der Waals surface area contributed by atoms with Gasteiger partial charge in [0.1, 0.15) is 0 Å². The number of carbonyl (C=O) groups is 1. The molecule has 1 amide bonds. The van der Waals surface area contributed by atoms with Gasteiger partial charge in [-0.15, -0.1) is 0 Å². The van der Waals surface area contributed by atoms with Crippen LogP contribution < -0.4 is 5.32 Å². The number of nitro groups is 1. The second-order valence-corrected chi connectivity index (χ2v) is 9.46. The molecule has 188 valence electrons. The zero-order valence-corrected chi connectivity index (χ0v) is 21.0. The van der Waals surface area contributed by atoms with Gasteiger partial charge in [-0.1, -0.05) is 60.1 Å². The first-order valence-electron chi connectivity index (χ1n) is 12.3. The van der Waals surface area contributed by atoms with Crippen molar-refractivity contribution in [1.29, 1.82) is 0 Å². The van der Waals surface area contributed by atoms with Gasteiger partial charge in [0.15, 0.2) is 0 Å². The largest absolute Gasteiger partial charge is 0.340 e. The Bertz CT molecular complexity index is 1160. The topological polar surface area (TPSA) is 78.7 Å². The summed E-state index contributed by atoms with van der Waals surface area (Å²) in [5.74, 6) is 0.202. The van der Waals surface area contributed by atoms with E-state index in [-0.39, 0.29) is 11.6 Å². The fraction of sp³-hybridized carbons (Fsp3) is 0.321. The lowest BCUT2D eigenvalue weighted by atomic mass is 9.99. The summed E-state index contributed by atoms with van der Waals surface area (Å²) >= 11 is 6.06. The van der Waals surface area contributed by atoms with Gasteiger partial charge >= 0.3 is 0 Å². The van der Waals surface area contributed by atoms with E-state index in [1.54, 1.807) is 12.1 Å². The highest BCUT2D eigenvalue weighted by molar-refractivity contribution is 6.30. The number of amides is 1. The van der Waals surface area contributed by atoms with Crippen LogP contribution in [0.1, 0.15) is 24.0 Å². The van der Waals surface area contributed by atoms with Gasteiger partial charge in [0.2, 0.25) is 5.91 Å². The molecule has 1 aliphatic heterocycles. The molecule has 3 aromatic carbocycles. The molecule has 4 rings (SSSR count). The molecular weight excluding hydrogens is 476 g/mol. The highest BCUT2D eigenvalue weighted by Gasteiger charge is 2.21. The van der Waals surface area contributed by atoms with Gasteiger partial charge in [-0.25, -0.2) is 0 Å². The Morgan fingerprint density at radius 1 is 0.944 bits per heavy atom. The molecule has 0 saturated carbocycles. The number of rotatable bonds is 10. The predicted octanol–water partition coefficient (Wildman–Crippen LogP) is 5.13. The van der Waals surface area contributed by atoms with Crippen molar-refractivity contribution in [2.45, 2.75) is 25.9 Å². The Balaban J connectivity index is 1.17. The van der Waals surface area contributed by atoms with Gasteiger partial charge < -0.3 is 10.2 Å². The summed E-state index contributed by atoms with van der Waals surface area (Å²) in [6.45, 7) is 5.43. The van der Waals surface area contributed by atoms with Crippen LogP contribution in [0.3, 0.4) is 0 Å². The minimum atomic E-state index is -0.400. The van der Waals surface area contributed by atoms with Crippen molar-refractivity contribution >= 4 is 23.2 Å². The van der Waals surface area contributed by atoms with Crippen molar-refractivity contribution in [2.24, 2.45) is 0 Å². The number of halogens is 1. The molecule has 0 spiro atoms. The first kappa shape index (κ1) is 25.8. The van der Waals surface area contributed by atoms with E-state index in [9.17, 15) is 14.9 Å². The summed E-state index contributed by atoms with van der Waals surface area (Å²) in [5.41, 5.74) is 4.73. The van der Waals surface area contributed by atoms with E-state index in [0.29, 0.717) is 13.0 Å². The summed E-state index contributed by atoms with van der Waals surface area (Å²) in [6.07, 6.45) is 1.28. The molecule has 7 nitrogen and oxygen atoms in total. The van der Waals surface area contributed by atoms with E-state index in [2.05, 4.69) is 46.6 Å². The molecule has 1 N–H and O–H groups in total. The quantitative estimate of drug-likeness (QED) is 0.234. The summed E-state index contributed by atoms with van der Waals surface area (Å²) in [6, 6.07) is 22.9. The second kappa shape index (κ2) is 12.6. The van der Waals surface area contributed by atoms with Crippen molar-refractivity contribution in [3.8, 4) is 11.1 Å². The summed E-state index contributed by atoms with van der Waals surface area (Å²) in [7, 11) is 0. The third-order valence-electron chi connectivity index (χ3n) is 6.51.